The summed E-state index contributed by atoms with van der Waals surface area (Å²) in [6, 6.07) is 21.6. The van der Waals surface area contributed by atoms with Gasteiger partial charge in [-0.3, -0.25) is 4.79 Å². The number of rotatable bonds is 7. The molecule has 4 aromatic rings. The average molecular weight is 498 g/mol. The van der Waals surface area contributed by atoms with Gasteiger partial charge in [-0.1, -0.05) is 48.2 Å². The summed E-state index contributed by atoms with van der Waals surface area (Å²) in [4.78, 5) is 22.5. The lowest BCUT2D eigenvalue weighted by molar-refractivity contribution is -0.113. The number of anilines is 1. The fourth-order valence-corrected chi connectivity index (χ4v) is 4.98. The van der Waals surface area contributed by atoms with Gasteiger partial charge in [0.05, 0.1) is 17.9 Å². The van der Waals surface area contributed by atoms with E-state index < -0.39 is 0 Å². The Hall–Kier alpha value is -3.84. The van der Waals surface area contributed by atoms with Crippen LogP contribution in [0.1, 0.15) is 29.2 Å². The molecule has 7 heteroatoms. The normalized spacial score (nSPS) is 11.8. The fraction of sp³-hybridized carbons (Fsp3) is 0.207. The Balaban J connectivity index is 1.44. The Morgan fingerprint density at radius 2 is 1.75 bits per heavy atom. The van der Waals surface area contributed by atoms with Crippen LogP contribution in [-0.2, 0) is 11.2 Å². The number of para-hydroxylation sites is 2. The maximum absolute atomic E-state index is 12.9. The van der Waals surface area contributed by atoms with Gasteiger partial charge in [0.1, 0.15) is 16.5 Å². The first-order valence-electron chi connectivity index (χ1n) is 11.9. The van der Waals surface area contributed by atoms with E-state index in [0.717, 1.165) is 50.0 Å². The Kier molecular flexibility index (Phi) is 6.91. The summed E-state index contributed by atoms with van der Waals surface area (Å²) in [5.41, 5.74) is 5.76. The number of nitrogens with one attached hydrogen (secondary N) is 1. The van der Waals surface area contributed by atoms with Gasteiger partial charge in [-0.2, -0.15) is 4.98 Å². The highest BCUT2D eigenvalue weighted by Crippen LogP contribution is 2.40. The maximum Gasteiger partial charge on any atom is 0.234 e. The van der Waals surface area contributed by atoms with Crippen LogP contribution in [0.3, 0.4) is 0 Å². The van der Waals surface area contributed by atoms with Crippen LogP contribution in [0.4, 0.5) is 5.69 Å². The molecule has 3 aromatic carbocycles. The number of hydrogen-bond acceptors (Lipinski definition) is 6. The van der Waals surface area contributed by atoms with Gasteiger partial charge >= 0.3 is 0 Å². The maximum atomic E-state index is 12.9. The predicted octanol–water partition coefficient (Wildman–Crippen LogP) is 6.59. The summed E-state index contributed by atoms with van der Waals surface area (Å²) in [7, 11) is 0. The molecule has 1 amide bonds. The number of fused-ring (bicyclic) bond motifs is 2. The number of ether oxygens (including phenoxy) is 2. The van der Waals surface area contributed by atoms with Crippen LogP contribution in [0, 0.1) is 13.8 Å². The largest absolute Gasteiger partial charge is 0.494 e. The first-order chi connectivity index (χ1) is 17.5. The van der Waals surface area contributed by atoms with E-state index in [1.165, 1.54) is 11.8 Å². The number of hydrogen-bond donors (Lipinski definition) is 1. The number of aromatic nitrogens is 2. The van der Waals surface area contributed by atoms with Crippen LogP contribution in [-0.4, -0.2) is 28.2 Å². The molecule has 0 fully saturated rings. The van der Waals surface area contributed by atoms with Gasteiger partial charge < -0.3 is 14.8 Å². The summed E-state index contributed by atoms with van der Waals surface area (Å²) in [6.07, 6.45) is 0.649. The molecule has 1 aliphatic heterocycles. The van der Waals surface area contributed by atoms with E-state index in [1.807, 2.05) is 87.5 Å². The van der Waals surface area contributed by atoms with Crippen molar-refractivity contribution in [1.29, 1.82) is 0 Å². The molecule has 0 spiro atoms. The molecule has 0 unspecified atom stereocenters. The number of carbonyl (C=O) groups excluding carboxylic acids is 1. The molecule has 0 atom stereocenters. The summed E-state index contributed by atoms with van der Waals surface area (Å²) in [5.74, 6) is 2.82. The molecule has 182 valence electrons. The highest BCUT2D eigenvalue weighted by molar-refractivity contribution is 8.00. The lowest BCUT2D eigenvalue weighted by atomic mass is 10.0. The van der Waals surface area contributed by atoms with Crippen LogP contribution in [0.15, 0.2) is 71.8 Å². The first-order valence-corrected chi connectivity index (χ1v) is 12.9. The van der Waals surface area contributed by atoms with E-state index in [0.29, 0.717) is 24.7 Å². The van der Waals surface area contributed by atoms with Crippen LogP contribution in [0.25, 0.3) is 11.4 Å². The van der Waals surface area contributed by atoms with Gasteiger partial charge in [-0.05, 0) is 67.8 Å². The molecule has 6 nitrogen and oxygen atoms in total. The van der Waals surface area contributed by atoms with E-state index in [-0.39, 0.29) is 11.7 Å². The van der Waals surface area contributed by atoms with Crippen molar-refractivity contribution < 1.29 is 14.3 Å². The SMILES string of the molecule is CCOc1ccc(-c2nc3c(c(SCC(=O)Nc4c(C)cccc4C)n2)Cc2ccccc2O3)cc1. The number of benzene rings is 3. The summed E-state index contributed by atoms with van der Waals surface area (Å²) < 4.78 is 11.8. The Morgan fingerprint density at radius 3 is 2.50 bits per heavy atom. The average Bonchev–Trinajstić information content (AvgIpc) is 2.89. The number of amides is 1. The molecule has 1 aromatic heterocycles. The van der Waals surface area contributed by atoms with Gasteiger partial charge in [0.25, 0.3) is 0 Å². The molecular formula is C29H27N3O3S. The smallest absolute Gasteiger partial charge is 0.234 e. The molecule has 1 aliphatic rings. The summed E-state index contributed by atoms with van der Waals surface area (Å²) >= 11 is 1.40. The lowest BCUT2D eigenvalue weighted by Crippen LogP contribution is -2.16. The van der Waals surface area contributed by atoms with Crippen LogP contribution in [0.5, 0.6) is 17.4 Å². The Bertz CT molecular complexity index is 1400. The van der Waals surface area contributed by atoms with Crippen molar-refractivity contribution in [3.63, 3.8) is 0 Å². The van der Waals surface area contributed by atoms with Crippen molar-refractivity contribution in [1.82, 2.24) is 9.97 Å². The molecular weight excluding hydrogens is 470 g/mol. The van der Waals surface area contributed by atoms with Crippen molar-refractivity contribution >= 4 is 23.4 Å². The molecule has 5 rings (SSSR count). The quantitative estimate of drug-likeness (QED) is 0.202. The number of carbonyl (C=O) groups is 1. The second-order valence-electron chi connectivity index (χ2n) is 8.58. The van der Waals surface area contributed by atoms with Gasteiger partial charge in [-0.15, -0.1) is 0 Å². The van der Waals surface area contributed by atoms with Crippen LogP contribution < -0.4 is 14.8 Å². The molecule has 36 heavy (non-hydrogen) atoms. The number of aryl methyl sites for hydroxylation is 2. The van der Waals surface area contributed by atoms with Gasteiger partial charge in [-0.25, -0.2) is 4.98 Å². The molecule has 0 aliphatic carbocycles. The molecule has 1 N–H and O–H groups in total. The third-order valence-electron chi connectivity index (χ3n) is 5.99. The predicted molar refractivity (Wildman–Crippen MR) is 143 cm³/mol. The summed E-state index contributed by atoms with van der Waals surface area (Å²) in [6.45, 7) is 6.55. The number of nitrogens with zero attached hydrogens (tertiary/aromatic N) is 2. The second-order valence-corrected chi connectivity index (χ2v) is 9.55. The minimum atomic E-state index is -0.0792. The van der Waals surface area contributed by atoms with Crippen molar-refractivity contribution in [3.8, 4) is 28.8 Å². The van der Waals surface area contributed by atoms with Crippen molar-refractivity contribution in [2.24, 2.45) is 0 Å². The Morgan fingerprint density at radius 1 is 1.00 bits per heavy atom. The monoisotopic (exact) mass is 497 g/mol. The standard InChI is InChI=1S/C29H27N3O3S/c1-4-34-22-14-12-20(13-15-22)27-31-28-23(16-21-10-5-6-11-24(21)35-28)29(32-27)36-17-25(33)30-26-18(2)8-7-9-19(26)3/h5-15H,4,16-17H2,1-3H3,(H,30,33). The molecule has 0 saturated heterocycles. The molecule has 0 bridgehead atoms. The minimum Gasteiger partial charge on any atom is -0.494 e. The highest BCUT2D eigenvalue weighted by Gasteiger charge is 2.24. The van der Waals surface area contributed by atoms with E-state index >= 15 is 0 Å². The van der Waals surface area contributed by atoms with Gasteiger partial charge in [0, 0.05) is 17.7 Å². The van der Waals surface area contributed by atoms with Gasteiger partial charge in [0.2, 0.25) is 11.8 Å². The zero-order valence-corrected chi connectivity index (χ0v) is 21.3. The fourth-order valence-electron chi connectivity index (χ4n) is 4.16. The zero-order valence-electron chi connectivity index (χ0n) is 20.5. The van der Waals surface area contributed by atoms with Crippen LogP contribution >= 0.6 is 11.8 Å². The second kappa shape index (κ2) is 10.4. The minimum absolute atomic E-state index is 0.0792. The van der Waals surface area contributed by atoms with Crippen LogP contribution in [0.2, 0.25) is 0 Å². The van der Waals surface area contributed by atoms with Crippen molar-refractivity contribution in [2.75, 3.05) is 17.7 Å². The molecule has 0 radical (unpaired) electrons. The number of thioether (sulfide) groups is 1. The first kappa shape index (κ1) is 23.9. The topological polar surface area (TPSA) is 73.3 Å². The van der Waals surface area contributed by atoms with Crippen molar-refractivity contribution in [3.05, 3.63) is 89.0 Å². The van der Waals surface area contributed by atoms with E-state index in [2.05, 4.69) is 5.32 Å². The highest BCUT2D eigenvalue weighted by atomic mass is 32.2. The van der Waals surface area contributed by atoms with E-state index in [4.69, 9.17) is 19.4 Å². The zero-order chi connectivity index (χ0) is 25.1. The Labute approximate surface area is 215 Å². The van der Waals surface area contributed by atoms with Crippen molar-refractivity contribution in [2.45, 2.75) is 32.2 Å². The van der Waals surface area contributed by atoms with E-state index in [1.54, 1.807) is 0 Å². The van der Waals surface area contributed by atoms with Gasteiger partial charge in [0.15, 0.2) is 5.82 Å². The molecule has 2 heterocycles. The van der Waals surface area contributed by atoms with E-state index in [9.17, 15) is 4.79 Å². The third-order valence-corrected chi connectivity index (χ3v) is 7.00. The lowest BCUT2D eigenvalue weighted by Gasteiger charge is -2.21. The summed E-state index contributed by atoms with van der Waals surface area (Å²) in [5, 5.41) is 3.81. The molecule has 0 saturated carbocycles. The third kappa shape index (κ3) is 5.06.